The number of hydrogen-bond acceptors (Lipinski definition) is 2. The fraction of sp³-hybridized carbons (Fsp3) is 1.00. The van der Waals surface area contributed by atoms with Gasteiger partial charge in [-0.2, -0.15) is 21.6 Å². The Balaban J connectivity index is 0. The molecule has 0 fully saturated rings. The average molecular weight is 253 g/mol. The molecule has 0 amide bonds. The maximum atomic E-state index is 10.7. The minimum Gasteiger partial charge on any atom is -0.279 e. The van der Waals surface area contributed by atoms with Crippen molar-refractivity contribution in [2.75, 3.05) is 0 Å². The third kappa shape index (κ3) is 3.83. The van der Waals surface area contributed by atoms with Crippen LogP contribution < -0.4 is 0 Å². The Morgan fingerprint density at radius 2 is 1.33 bits per heavy atom. The maximum Gasteiger partial charge on any atom is 1.00 e. The number of halogens is 3. The van der Waals surface area contributed by atoms with E-state index < -0.39 is 15.6 Å². The van der Waals surface area contributed by atoms with E-state index in [1.165, 1.54) is 0 Å². The second-order valence-electron chi connectivity index (χ2n) is 0.921. The Bertz CT molecular complexity index is 168. The molecule has 0 aromatic heterocycles. The topological polar surface area (TPSA) is 54.4 Å². The summed E-state index contributed by atoms with van der Waals surface area (Å²) in [7, 11) is -5.84. The first-order valence-electron chi connectivity index (χ1n) is 1.29. The van der Waals surface area contributed by atoms with Gasteiger partial charge in [-0.3, -0.25) is 4.55 Å². The van der Waals surface area contributed by atoms with Crippen LogP contribution in [-0.2, 0) is 29.6 Å². The molecule has 0 bridgehead atoms. The molecule has 0 radical (unpaired) electrons. The van der Waals surface area contributed by atoms with Crippen LogP contribution in [0.2, 0.25) is 0 Å². The van der Waals surface area contributed by atoms with E-state index in [0.717, 1.165) is 0 Å². The quantitative estimate of drug-likeness (QED) is 0.386. The second kappa shape index (κ2) is 2.94. The average Bonchev–Trinajstić information content (AvgIpc) is 1.25. The van der Waals surface area contributed by atoms with Crippen molar-refractivity contribution in [1.82, 2.24) is 0 Å². The first-order valence-corrected chi connectivity index (χ1v) is 2.73. The van der Waals surface area contributed by atoms with E-state index in [1.54, 1.807) is 0 Å². The largest absolute Gasteiger partial charge is 1.00 e. The molecular formula is CHF3O3RhS+. The van der Waals surface area contributed by atoms with Crippen LogP contribution in [0.25, 0.3) is 0 Å². The molecule has 9 heavy (non-hydrogen) atoms. The van der Waals surface area contributed by atoms with E-state index in [0.29, 0.717) is 0 Å². The maximum absolute atomic E-state index is 10.7. The molecule has 0 unspecified atom stereocenters. The van der Waals surface area contributed by atoms with E-state index in [4.69, 9.17) is 13.0 Å². The molecule has 1 N–H and O–H groups in total. The molecule has 0 spiro atoms. The van der Waals surface area contributed by atoms with Gasteiger partial charge >= 0.3 is 35.1 Å². The summed E-state index contributed by atoms with van der Waals surface area (Å²) in [5.41, 5.74) is -5.53. The third-order valence-corrected chi connectivity index (χ3v) is 0.877. The predicted octanol–water partition coefficient (Wildman–Crippen LogP) is 0.392. The monoisotopic (exact) mass is 253 g/mol. The number of hydrogen-bond donors (Lipinski definition) is 1. The van der Waals surface area contributed by atoms with Gasteiger partial charge in [0.15, 0.2) is 0 Å². The molecule has 0 aliphatic heterocycles. The van der Waals surface area contributed by atoms with Crippen LogP contribution in [0.3, 0.4) is 0 Å². The molecule has 0 aromatic rings. The predicted molar refractivity (Wildman–Crippen MR) is 17.6 cm³/mol. The van der Waals surface area contributed by atoms with Gasteiger partial charge in [0.25, 0.3) is 0 Å². The minimum atomic E-state index is -5.84. The molecule has 8 heteroatoms. The van der Waals surface area contributed by atoms with E-state index in [9.17, 15) is 13.2 Å². The van der Waals surface area contributed by atoms with Gasteiger partial charge in [-0.25, -0.2) is 0 Å². The van der Waals surface area contributed by atoms with Crippen LogP contribution in [0.15, 0.2) is 0 Å². The van der Waals surface area contributed by atoms with Crippen LogP contribution in [0.5, 0.6) is 0 Å². The van der Waals surface area contributed by atoms with E-state index in [1.807, 2.05) is 0 Å². The Morgan fingerprint density at radius 1 is 1.22 bits per heavy atom. The molecular weight excluding hydrogens is 252 g/mol. The number of rotatable bonds is 0. The van der Waals surface area contributed by atoms with Gasteiger partial charge in [0.1, 0.15) is 0 Å². The van der Waals surface area contributed by atoms with Gasteiger partial charge in [0.05, 0.1) is 0 Å². The van der Waals surface area contributed by atoms with Crippen LogP contribution in [-0.4, -0.2) is 18.5 Å². The summed E-state index contributed by atoms with van der Waals surface area (Å²) in [5, 5.41) is 0. The Labute approximate surface area is 61.7 Å². The summed E-state index contributed by atoms with van der Waals surface area (Å²) >= 11 is 0. The van der Waals surface area contributed by atoms with Gasteiger partial charge in [-0.1, -0.05) is 0 Å². The molecule has 0 aliphatic rings. The molecule has 0 rings (SSSR count). The van der Waals surface area contributed by atoms with Crippen molar-refractivity contribution in [3.8, 4) is 0 Å². The summed E-state index contributed by atoms with van der Waals surface area (Å²) in [6.45, 7) is 0. The van der Waals surface area contributed by atoms with Crippen LogP contribution in [0.1, 0.15) is 0 Å². The van der Waals surface area contributed by atoms with Crippen molar-refractivity contribution in [2.24, 2.45) is 0 Å². The molecule has 0 aromatic carbocycles. The van der Waals surface area contributed by atoms with Crippen LogP contribution >= 0.6 is 0 Å². The van der Waals surface area contributed by atoms with Crippen molar-refractivity contribution < 1.29 is 45.6 Å². The second-order valence-corrected chi connectivity index (χ2v) is 2.33. The van der Waals surface area contributed by atoms with E-state index >= 15 is 0 Å². The van der Waals surface area contributed by atoms with Gasteiger partial charge in [-0.05, 0) is 0 Å². The molecule has 58 valence electrons. The van der Waals surface area contributed by atoms with Gasteiger partial charge in [0.2, 0.25) is 0 Å². The standard InChI is InChI=1S/CHF3O3S.Rh/c2-1(3,4)8(5,6)7;/h(H,5,6,7);/q;+1. The van der Waals surface area contributed by atoms with Crippen molar-refractivity contribution in [3.05, 3.63) is 0 Å². The van der Waals surface area contributed by atoms with Gasteiger partial charge in [0, 0.05) is 0 Å². The zero-order valence-corrected chi connectivity index (χ0v) is 6.09. The van der Waals surface area contributed by atoms with Gasteiger partial charge < -0.3 is 0 Å². The first kappa shape index (κ1) is 12.0. The van der Waals surface area contributed by atoms with E-state index in [-0.39, 0.29) is 19.5 Å². The van der Waals surface area contributed by atoms with Crippen molar-refractivity contribution in [3.63, 3.8) is 0 Å². The third-order valence-electron chi connectivity index (χ3n) is 0.292. The van der Waals surface area contributed by atoms with Crippen molar-refractivity contribution in [1.29, 1.82) is 0 Å². The van der Waals surface area contributed by atoms with Crippen molar-refractivity contribution >= 4 is 10.1 Å². The molecule has 3 nitrogen and oxygen atoms in total. The van der Waals surface area contributed by atoms with E-state index in [2.05, 4.69) is 0 Å². The fourth-order valence-corrected chi connectivity index (χ4v) is 0. The summed E-state index contributed by atoms with van der Waals surface area (Å²) in [5.74, 6) is 0. The van der Waals surface area contributed by atoms with Crippen LogP contribution in [0.4, 0.5) is 13.2 Å². The van der Waals surface area contributed by atoms with Crippen molar-refractivity contribution in [2.45, 2.75) is 5.51 Å². The SMILES string of the molecule is O=S(=O)(O)C(F)(F)F.[Rh+]. The summed E-state index contributed by atoms with van der Waals surface area (Å²) in [6, 6.07) is 0. The molecule has 0 atom stereocenters. The molecule has 0 heterocycles. The zero-order valence-electron chi connectivity index (χ0n) is 3.64. The fourth-order valence-electron chi connectivity index (χ4n) is 0. The normalized spacial score (nSPS) is 12.4. The van der Waals surface area contributed by atoms with Gasteiger partial charge in [-0.15, -0.1) is 0 Å². The Morgan fingerprint density at radius 3 is 1.33 bits per heavy atom. The summed E-state index contributed by atoms with van der Waals surface area (Å²) in [4.78, 5) is 0. The van der Waals surface area contributed by atoms with Crippen LogP contribution in [0, 0.1) is 0 Å². The number of alkyl halides is 3. The zero-order chi connectivity index (χ0) is 7.00. The minimum absolute atomic E-state index is 0. The Kier molecular flexibility index (Phi) is 3.93. The molecule has 0 saturated heterocycles. The summed E-state index contributed by atoms with van der Waals surface area (Å²) in [6.07, 6.45) is 0. The molecule has 0 aliphatic carbocycles. The summed E-state index contributed by atoms with van der Waals surface area (Å²) < 4.78 is 57.5. The Hall–Kier alpha value is 0.323. The first-order chi connectivity index (χ1) is 3.25. The molecule has 0 saturated carbocycles. The smallest absolute Gasteiger partial charge is 0.279 e.